The van der Waals surface area contributed by atoms with E-state index in [0.717, 1.165) is 56.8 Å². The molecule has 9 aromatic carbocycles. The van der Waals surface area contributed by atoms with E-state index in [0.29, 0.717) is 35.5 Å². The summed E-state index contributed by atoms with van der Waals surface area (Å²) in [6.07, 6.45) is 19.4. The van der Waals surface area contributed by atoms with Crippen molar-refractivity contribution in [2.24, 2.45) is 7.05 Å². The topological polar surface area (TPSA) is 89.0 Å². The molecule has 5 aromatic heterocycles. The van der Waals surface area contributed by atoms with E-state index in [1.807, 2.05) is 110 Å². The van der Waals surface area contributed by atoms with Crippen molar-refractivity contribution < 1.29 is 60.3 Å². The van der Waals surface area contributed by atoms with Gasteiger partial charge in [0.05, 0.1) is 17.5 Å². The van der Waals surface area contributed by atoms with Crippen LogP contribution in [0.3, 0.4) is 0 Å². The number of para-hydroxylation sites is 5. The second-order valence-electron chi connectivity index (χ2n) is 29.3. The van der Waals surface area contributed by atoms with Crippen molar-refractivity contribution in [3.8, 4) is 67.8 Å². The van der Waals surface area contributed by atoms with Crippen LogP contribution in [-0.2, 0) is 67.4 Å². The number of aromatic nitrogens is 8. The van der Waals surface area contributed by atoms with Crippen molar-refractivity contribution in [2.45, 2.75) is 132 Å². The third-order valence-corrected chi connectivity index (χ3v) is 19.4. The zero-order chi connectivity index (χ0) is 75.4. The van der Waals surface area contributed by atoms with Gasteiger partial charge in [0, 0.05) is 155 Å². The predicted molar refractivity (Wildman–Crippen MR) is 445 cm³/mol. The summed E-state index contributed by atoms with van der Waals surface area (Å²) in [7, 11) is 4.08. The summed E-state index contributed by atoms with van der Waals surface area (Å²) in [4.78, 5) is 29.3. The molecule has 0 saturated heterocycles. The summed E-state index contributed by atoms with van der Waals surface area (Å²) < 4.78 is 6.47. The van der Waals surface area contributed by atoms with Crippen molar-refractivity contribution in [3.63, 3.8) is 0 Å². The van der Waals surface area contributed by atoms with Gasteiger partial charge < -0.3 is 28.4 Å². The molecule has 0 spiro atoms. The second-order valence-corrected chi connectivity index (χ2v) is 29.3. The molecule has 11 nitrogen and oxygen atoms in total. The Hall–Kier alpha value is -9.74. The van der Waals surface area contributed by atoms with E-state index in [2.05, 4.69) is 343 Å². The first-order valence-electron chi connectivity index (χ1n) is 37.4. The largest absolute Gasteiger partial charge is 3.00 e. The molecule has 0 atom stereocenters. The van der Waals surface area contributed by atoms with Crippen LogP contribution in [0, 0.1) is 44.8 Å². The molecular weight excluding hydrogens is 1880 g/mol. The Morgan fingerprint density at radius 2 is 0.873 bits per heavy atom. The standard InChI is InChI=1S/C34H34N3.C27H28N3.C21H24N3.C14H12N2.3Ir/c1-24(2)31-22-30(37(28-15-8-6-9-16-28)29-17-10-7-11-18-29)23-32(25(3)4)33(31)26-13-12-14-27(21-26)34-35-19-20-36(34)5;1-18(2)24-15-23(22-7-6-12-28-17-22)16-25(19(3)4)26(24)30-14-13-29-27(30)21-10-8-20(5)9-11-21;1-14(2)18-12-22-13-19(15(3)4)20(18)24-11-10-23-21(24)17-8-6-16(5)7-9-17;1-15-11-16(12-7-3-2-4-8-12)14-10-6-5-9-13(14)15;;;/h6-13,15-25H,1-5H3;6-10,12-19H,1-5H3;6-8,10-15H,1-5H3;2-7,9-11H,1H3;;;/q3*-1;-2;;;+3. The van der Waals surface area contributed by atoms with E-state index < -0.39 is 0 Å². The zero-order valence-corrected chi connectivity index (χ0v) is 73.0. The Kier molecular flexibility index (Phi) is 29.7. The molecule has 14 aromatic rings. The molecule has 0 amide bonds. The molecule has 6 heterocycles. The third-order valence-electron chi connectivity index (χ3n) is 19.4. The van der Waals surface area contributed by atoms with Crippen LogP contribution >= 0.6 is 0 Å². The Morgan fingerprint density at radius 3 is 1.34 bits per heavy atom. The fourth-order valence-corrected chi connectivity index (χ4v) is 13.8. The minimum absolute atomic E-state index is 0. The smallest absolute Gasteiger partial charge is 0.504 e. The van der Waals surface area contributed by atoms with Gasteiger partial charge in [0.2, 0.25) is 0 Å². The van der Waals surface area contributed by atoms with Crippen LogP contribution in [0.1, 0.15) is 163 Å². The third kappa shape index (κ3) is 19.3. The molecule has 0 unspecified atom stereocenters. The molecule has 0 fully saturated rings. The first-order chi connectivity index (χ1) is 51.7. The first kappa shape index (κ1) is 84.3. The van der Waals surface area contributed by atoms with Crippen molar-refractivity contribution in [1.82, 2.24) is 38.6 Å². The van der Waals surface area contributed by atoms with Crippen molar-refractivity contribution in [1.29, 1.82) is 0 Å². The maximum atomic E-state index is 4.70. The summed E-state index contributed by atoms with van der Waals surface area (Å²) in [5, 5.41) is 0. The molecule has 566 valence electrons. The van der Waals surface area contributed by atoms with Crippen molar-refractivity contribution in [3.05, 3.63) is 338 Å². The van der Waals surface area contributed by atoms with Crippen LogP contribution in [0.5, 0.6) is 0 Å². The van der Waals surface area contributed by atoms with Gasteiger partial charge in [0.25, 0.3) is 0 Å². The molecule has 0 N–H and O–H groups in total. The Bertz CT molecular complexity index is 5100. The maximum Gasteiger partial charge on any atom is 3.00 e. The van der Waals surface area contributed by atoms with Gasteiger partial charge in [-0.15, -0.1) is 112 Å². The van der Waals surface area contributed by atoms with Gasteiger partial charge in [-0.3, -0.25) is 24.9 Å². The van der Waals surface area contributed by atoms with Gasteiger partial charge in [-0.25, -0.2) is 0 Å². The summed E-state index contributed by atoms with van der Waals surface area (Å²) in [5.41, 5.74) is 27.5. The Morgan fingerprint density at radius 1 is 0.382 bits per heavy atom. The summed E-state index contributed by atoms with van der Waals surface area (Å²) in [6, 6.07) is 83.4. The van der Waals surface area contributed by atoms with Crippen LogP contribution in [-0.4, -0.2) is 45.7 Å². The predicted octanol–water partition coefficient (Wildman–Crippen LogP) is 24.7. The average molecular weight is 1980 g/mol. The maximum absolute atomic E-state index is 4.70. The quantitative estimate of drug-likeness (QED) is 0.0833. The van der Waals surface area contributed by atoms with Crippen molar-refractivity contribution in [2.75, 3.05) is 21.7 Å². The number of anilines is 6. The van der Waals surface area contributed by atoms with Crippen LogP contribution in [0.15, 0.2) is 262 Å². The molecule has 110 heavy (non-hydrogen) atoms. The van der Waals surface area contributed by atoms with Gasteiger partial charge in [-0.1, -0.05) is 152 Å². The van der Waals surface area contributed by atoms with E-state index in [1.54, 1.807) is 0 Å². The zero-order valence-electron chi connectivity index (χ0n) is 65.8. The first-order valence-corrected chi connectivity index (χ1v) is 37.4. The number of pyridine rings is 2. The summed E-state index contributed by atoms with van der Waals surface area (Å²) in [5.74, 6) is 4.99. The molecule has 14 heteroatoms. The number of rotatable bonds is 17. The molecule has 0 bridgehead atoms. The molecule has 0 saturated carbocycles. The average Bonchev–Trinajstić information content (AvgIpc) is 0.851. The van der Waals surface area contributed by atoms with Gasteiger partial charge >= 0.3 is 20.1 Å². The van der Waals surface area contributed by atoms with Crippen molar-refractivity contribution >= 4 is 34.1 Å². The number of nitrogens with zero attached hydrogens (tertiary/aromatic N) is 11. The minimum atomic E-state index is 0. The number of hydrogen-bond acceptors (Lipinski definition) is 8. The Balaban J connectivity index is 0.000000173. The SMILES string of the molecule is CC(C)c1cc(N(c2ccccc2)c2ccccc2)cc(C(C)C)c1-c1cc[c-]c(-c2nccn2C)c1.CN1[CH-]N(c2[c-]cccc2)c2ccccc21.Cc1c[c-]c(-c2nccn2-c2c(C(C)C)cc(-c3cccnc3)cc2C(C)C)cc1.Cc1c[c-]c(-c2nccn2-c2c(C(C)C)cncc2C(C)C)cc1.[Ir+3].[Ir].[Ir]. The monoisotopic (exact) mass is 1980 g/mol. The normalized spacial score (nSPS) is 11.5. The number of benzene rings is 9. The minimum Gasteiger partial charge on any atom is -0.504 e. The fraction of sp³-hybridized carbons (Fsp3) is 0.229. The number of fused-ring (bicyclic) bond motifs is 1. The van der Waals surface area contributed by atoms with Crippen LogP contribution in [0.2, 0.25) is 0 Å². The van der Waals surface area contributed by atoms with E-state index in [9.17, 15) is 0 Å². The second kappa shape index (κ2) is 38.8. The molecule has 2 radical (unpaired) electrons. The van der Waals surface area contributed by atoms with E-state index >= 15 is 0 Å². The number of hydrogen-bond donors (Lipinski definition) is 0. The van der Waals surface area contributed by atoms with Gasteiger partial charge in [-0.05, 0) is 154 Å². The number of imidazole rings is 3. The molecular formula is C96H98Ir3N11-2. The molecule has 1 aliphatic heterocycles. The van der Waals surface area contributed by atoms with E-state index in [1.165, 1.54) is 89.6 Å². The molecule has 15 rings (SSSR count). The Labute approximate surface area is 694 Å². The summed E-state index contributed by atoms with van der Waals surface area (Å²) >= 11 is 0. The molecule has 0 aliphatic carbocycles. The van der Waals surface area contributed by atoms with E-state index in [-0.39, 0.29) is 60.3 Å². The fourth-order valence-electron chi connectivity index (χ4n) is 13.8. The van der Waals surface area contributed by atoms with Gasteiger partial charge in [0.15, 0.2) is 0 Å². The number of aryl methyl sites for hydroxylation is 3. The van der Waals surface area contributed by atoms with E-state index in [4.69, 9.17) is 4.98 Å². The molecule has 1 aliphatic rings. The van der Waals surface area contributed by atoms with Crippen LogP contribution < -0.4 is 14.7 Å². The van der Waals surface area contributed by atoms with Gasteiger partial charge in [0.1, 0.15) is 0 Å². The van der Waals surface area contributed by atoms with Crippen LogP contribution in [0.25, 0.3) is 67.8 Å². The summed E-state index contributed by atoms with van der Waals surface area (Å²) in [6.45, 7) is 33.2. The van der Waals surface area contributed by atoms with Crippen LogP contribution in [0.4, 0.5) is 34.1 Å². The van der Waals surface area contributed by atoms with Gasteiger partial charge in [-0.2, -0.15) is 37.0 Å².